The molecule has 14 heavy (non-hydrogen) atoms. The molecule has 1 rings (SSSR count). The minimum Gasteiger partial charge on any atom is -0.336 e. The Labute approximate surface area is 97.3 Å². The minimum atomic E-state index is 0. The Morgan fingerprint density at radius 3 is 2.57 bits per heavy atom. The third-order valence-electron chi connectivity index (χ3n) is 1.55. The standard InChI is InChI=1S/C8H16N4.2ClH/c1-11(2)5-8-6-12(4-3-9)7-10-8;;/h6-7H,3-5,9H2,1-2H3;2*1H. The highest BCUT2D eigenvalue weighted by Crippen LogP contribution is 1.97. The first-order valence-electron chi connectivity index (χ1n) is 4.08. The summed E-state index contributed by atoms with van der Waals surface area (Å²) in [5.74, 6) is 0. The topological polar surface area (TPSA) is 47.1 Å². The maximum Gasteiger partial charge on any atom is 0.0950 e. The molecule has 0 aromatic carbocycles. The van der Waals surface area contributed by atoms with Crippen molar-refractivity contribution in [2.24, 2.45) is 5.73 Å². The van der Waals surface area contributed by atoms with Crippen LogP contribution in [0.4, 0.5) is 0 Å². The van der Waals surface area contributed by atoms with Gasteiger partial charge in [0, 0.05) is 25.8 Å². The molecule has 0 radical (unpaired) electrons. The van der Waals surface area contributed by atoms with Gasteiger partial charge in [0.1, 0.15) is 0 Å². The predicted molar refractivity (Wildman–Crippen MR) is 63.2 cm³/mol. The van der Waals surface area contributed by atoms with E-state index in [0.717, 1.165) is 18.8 Å². The van der Waals surface area contributed by atoms with Crippen molar-refractivity contribution in [3.05, 3.63) is 18.2 Å². The van der Waals surface area contributed by atoms with E-state index in [9.17, 15) is 0 Å². The van der Waals surface area contributed by atoms with Crippen LogP contribution in [0, 0.1) is 0 Å². The van der Waals surface area contributed by atoms with Crippen molar-refractivity contribution in [3.63, 3.8) is 0 Å². The Hall–Kier alpha value is -0.290. The lowest BCUT2D eigenvalue weighted by Gasteiger charge is -2.05. The molecule has 0 amide bonds. The Kier molecular flexibility index (Phi) is 9.29. The van der Waals surface area contributed by atoms with Gasteiger partial charge in [0.25, 0.3) is 0 Å². The zero-order valence-corrected chi connectivity index (χ0v) is 10.1. The molecule has 0 saturated heterocycles. The molecule has 2 N–H and O–H groups in total. The third kappa shape index (κ3) is 5.44. The molecular formula is C8H18Cl2N4. The van der Waals surface area contributed by atoms with Crippen molar-refractivity contribution in [2.75, 3.05) is 20.6 Å². The van der Waals surface area contributed by atoms with Crippen LogP contribution in [0.3, 0.4) is 0 Å². The normalized spacial score (nSPS) is 9.43. The van der Waals surface area contributed by atoms with Crippen LogP contribution in [0.5, 0.6) is 0 Å². The number of rotatable bonds is 4. The van der Waals surface area contributed by atoms with Crippen molar-refractivity contribution in [1.82, 2.24) is 14.5 Å². The lowest BCUT2D eigenvalue weighted by molar-refractivity contribution is 0.397. The van der Waals surface area contributed by atoms with E-state index in [1.54, 1.807) is 0 Å². The van der Waals surface area contributed by atoms with E-state index < -0.39 is 0 Å². The summed E-state index contributed by atoms with van der Waals surface area (Å²) in [4.78, 5) is 6.33. The maximum atomic E-state index is 5.41. The second-order valence-electron chi connectivity index (χ2n) is 3.13. The first-order chi connectivity index (χ1) is 5.72. The van der Waals surface area contributed by atoms with Crippen LogP contribution < -0.4 is 5.73 Å². The minimum absolute atomic E-state index is 0. The fourth-order valence-corrected chi connectivity index (χ4v) is 1.08. The van der Waals surface area contributed by atoms with Crippen LogP contribution in [-0.4, -0.2) is 35.1 Å². The number of imidazole rings is 1. The van der Waals surface area contributed by atoms with Gasteiger partial charge in [-0.1, -0.05) is 0 Å². The molecule has 1 aromatic heterocycles. The molecule has 0 saturated carbocycles. The van der Waals surface area contributed by atoms with Gasteiger partial charge in [0.2, 0.25) is 0 Å². The van der Waals surface area contributed by atoms with Crippen LogP contribution in [0.15, 0.2) is 12.5 Å². The van der Waals surface area contributed by atoms with Gasteiger partial charge in [-0.15, -0.1) is 24.8 Å². The quantitative estimate of drug-likeness (QED) is 0.846. The molecule has 1 heterocycles. The van der Waals surface area contributed by atoms with Crippen LogP contribution >= 0.6 is 24.8 Å². The summed E-state index contributed by atoms with van der Waals surface area (Å²) in [5, 5.41) is 0. The fourth-order valence-electron chi connectivity index (χ4n) is 1.08. The van der Waals surface area contributed by atoms with Gasteiger partial charge < -0.3 is 15.2 Å². The molecular weight excluding hydrogens is 223 g/mol. The van der Waals surface area contributed by atoms with Crippen molar-refractivity contribution >= 4 is 24.8 Å². The average Bonchev–Trinajstić information content (AvgIpc) is 2.36. The smallest absolute Gasteiger partial charge is 0.0950 e. The summed E-state index contributed by atoms with van der Waals surface area (Å²) in [6.07, 6.45) is 3.86. The van der Waals surface area contributed by atoms with E-state index in [1.165, 1.54) is 0 Å². The van der Waals surface area contributed by atoms with E-state index >= 15 is 0 Å². The summed E-state index contributed by atoms with van der Waals surface area (Å²) in [6.45, 7) is 2.40. The van der Waals surface area contributed by atoms with Crippen LogP contribution in [-0.2, 0) is 13.1 Å². The number of hydrogen-bond acceptors (Lipinski definition) is 3. The van der Waals surface area contributed by atoms with Crippen molar-refractivity contribution in [1.29, 1.82) is 0 Å². The molecule has 0 aliphatic heterocycles. The van der Waals surface area contributed by atoms with E-state index in [2.05, 4.69) is 9.88 Å². The van der Waals surface area contributed by atoms with Gasteiger partial charge in [-0.3, -0.25) is 0 Å². The third-order valence-corrected chi connectivity index (χ3v) is 1.55. The van der Waals surface area contributed by atoms with E-state index in [-0.39, 0.29) is 24.8 Å². The lowest BCUT2D eigenvalue weighted by Crippen LogP contribution is -2.11. The fraction of sp³-hybridized carbons (Fsp3) is 0.625. The SMILES string of the molecule is CN(C)Cc1cn(CCN)cn1.Cl.Cl. The maximum absolute atomic E-state index is 5.41. The van der Waals surface area contributed by atoms with Gasteiger partial charge in [0.05, 0.1) is 12.0 Å². The molecule has 0 spiro atoms. The summed E-state index contributed by atoms with van der Waals surface area (Å²) < 4.78 is 2.01. The van der Waals surface area contributed by atoms with Gasteiger partial charge in [0.15, 0.2) is 0 Å². The summed E-state index contributed by atoms with van der Waals surface area (Å²) in [6, 6.07) is 0. The van der Waals surface area contributed by atoms with Crippen LogP contribution in [0.25, 0.3) is 0 Å². The molecule has 0 atom stereocenters. The highest BCUT2D eigenvalue weighted by Gasteiger charge is 1.98. The number of hydrogen-bond donors (Lipinski definition) is 1. The van der Waals surface area contributed by atoms with Gasteiger partial charge in [-0.25, -0.2) is 4.98 Å². The van der Waals surface area contributed by atoms with Gasteiger partial charge in [-0.05, 0) is 14.1 Å². The molecule has 6 heteroatoms. The molecule has 0 bridgehead atoms. The van der Waals surface area contributed by atoms with E-state index in [4.69, 9.17) is 5.73 Å². The van der Waals surface area contributed by atoms with E-state index in [0.29, 0.717) is 6.54 Å². The number of halogens is 2. The summed E-state index contributed by atoms with van der Waals surface area (Å²) >= 11 is 0. The van der Waals surface area contributed by atoms with Crippen LogP contribution in [0.2, 0.25) is 0 Å². The predicted octanol–water partition coefficient (Wildman–Crippen LogP) is 0.747. The van der Waals surface area contributed by atoms with Gasteiger partial charge in [-0.2, -0.15) is 0 Å². The number of nitrogens with zero attached hydrogens (tertiary/aromatic N) is 3. The largest absolute Gasteiger partial charge is 0.336 e. The Bertz CT molecular complexity index is 237. The Morgan fingerprint density at radius 2 is 2.07 bits per heavy atom. The number of nitrogens with two attached hydrogens (primary N) is 1. The zero-order chi connectivity index (χ0) is 8.97. The summed E-state index contributed by atoms with van der Waals surface area (Å²) in [7, 11) is 4.06. The molecule has 0 unspecified atom stereocenters. The van der Waals surface area contributed by atoms with Crippen molar-refractivity contribution < 1.29 is 0 Å². The molecule has 0 aliphatic carbocycles. The Morgan fingerprint density at radius 1 is 1.43 bits per heavy atom. The molecule has 0 fully saturated rings. The molecule has 0 aliphatic rings. The highest BCUT2D eigenvalue weighted by atomic mass is 35.5. The van der Waals surface area contributed by atoms with Gasteiger partial charge >= 0.3 is 0 Å². The molecule has 4 nitrogen and oxygen atoms in total. The van der Waals surface area contributed by atoms with Crippen LogP contribution in [0.1, 0.15) is 5.69 Å². The monoisotopic (exact) mass is 240 g/mol. The Balaban J connectivity index is 0. The second-order valence-corrected chi connectivity index (χ2v) is 3.13. The number of aromatic nitrogens is 2. The van der Waals surface area contributed by atoms with E-state index in [1.807, 2.05) is 31.2 Å². The molecule has 84 valence electrons. The zero-order valence-electron chi connectivity index (χ0n) is 8.51. The summed E-state index contributed by atoms with van der Waals surface area (Å²) in [5.41, 5.74) is 6.50. The first kappa shape index (κ1) is 16.2. The average molecular weight is 241 g/mol. The lowest BCUT2D eigenvalue weighted by atomic mass is 10.4. The first-order valence-corrected chi connectivity index (χ1v) is 4.08. The second kappa shape index (κ2) is 8.05. The van der Waals surface area contributed by atoms with Crippen molar-refractivity contribution in [2.45, 2.75) is 13.1 Å². The molecule has 1 aromatic rings. The van der Waals surface area contributed by atoms with Crippen molar-refractivity contribution in [3.8, 4) is 0 Å². The highest BCUT2D eigenvalue weighted by molar-refractivity contribution is 5.85.